The number of benzene rings is 3. The zero-order chi connectivity index (χ0) is 18.3. The van der Waals surface area contributed by atoms with E-state index >= 15 is 0 Å². The molecule has 4 nitrogen and oxygen atoms in total. The van der Waals surface area contributed by atoms with Crippen LogP contribution in [0.15, 0.2) is 78.9 Å². The maximum absolute atomic E-state index is 4.63. The fraction of sp³-hybridized carbons (Fsp3) is 0.174. The summed E-state index contributed by atoms with van der Waals surface area (Å²) in [5, 5.41) is 14.1. The smallest absolute Gasteiger partial charge is 0.126 e. The van der Waals surface area contributed by atoms with Crippen molar-refractivity contribution < 1.29 is 0 Å². The Labute approximate surface area is 159 Å². The Morgan fingerprint density at radius 3 is 2.26 bits per heavy atom. The van der Waals surface area contributed by atoms with Crippen LogP contribution in [0.5, 0.6) is 0 Å². The molecule has 0 aliphatic heterocycles. The van der Waals surface area contributed by atoms with E-state index in [9.17, 15) is 0 Å². The maximum atomic E-state index is 4.63. The molecule has 4 heteroatoms. The number of nitrogens with one attached hydrogen (secondary N) is 3. The quantitative estimate of drug-likeness (QED) is 0.407. The van der Waals surface area contributed by atoms with Crippen molar-refractivity contribution in [2.24, 2.45) is 0 Å². The molecule has 3 N–H and O–H groups in total. The van der Waals surface area contributed by atoms with Gasteiger partial charge in [-0.3, -0.25) is 0 Å². The van der Waals surface area contributed by atoms with Gasteiger partial charge in [0.15, 0.2) is 0 Å². The van der Waals surface area contributed by atoms with E-state index in [0.717, 1.165) is 37.5 Å². The minimum Gasteiger partial charge on any atom is -0.383 e. The summed E-state index contributed by atoms with van der Waals surface area (Å²) in [6, 6.07) is 27.1. The number of hydrogen-bond donors (Lipinski definition) is 3. The highest BCUT2D eigenvalue weighted by molar-refractivity contribution is 5.93. The van der Waals surface area contributed by atoms with Gasteiger partial charge in [-0.15, -0.1) is 0 Å². The zero-order valence-corrected chi connectivity index (χ0v) is 15.3. The summed E-state index contributed by atoms with van der Waals surface area (Å²) < 4.78 is 0. The first-order chi connectivity index (χ1) is 13.4. The van der Waals surface area contributed by atoms with Crippen LogP contribution < -0.4 is 16.0 Å². The van der Waals surface area contributed by atoms with Crippen LogP contribution in [0.1, 0.15) is 0 Å². The summed E-state index contributed by atoms with van der Waals surface area (Å²) in [5.41, 5.74) is 2.21. The average molecular weight is 356 g/mol. The molecule has 1 aromatic heterocycles. The minimum atomic E-state index is 0.847. The molecule has 136 valence electrons. The molecule has 0 saturated carbocycles. The van der Waals surface area contributed by atoms with Crippen molar-refractivity contribution in [2.75, 3.05) is 36.8 Å². The van der Waals surface area contributed by atoms with Gasteiger partial charge in [-0.25, -0.2) is 4.98 Å². The second-order valence-electron chi connectivity index (χ2n) is 6.52. The standard InChI is InChI=1S/C23H24N4/c1-3-9-20-18(6-1)8-5-11-22(20)25-16-14-24-15-17-26-23-13-12-19-7-2-4-10-21(19)27-23/h1-13,24-25H,14-17H2,(H,26,27). The number of fused-ring (bicyclic) bond motifs is 2. The molecule has 0 aliphatic rings. The molecule has 0 saturated heterocycles. The Bertz CT molecular complexity index is 1020. The second-order valence-corrected chi connectivity index (χ2v) is 6.52. The van der Waals surface area contributed by atoms with Crippen molar-refractivity contribution in [1.82, 2.24) is 10.3 Å². The number of aromatic nitrogens is 1. The summed E-state index contributed by atoms with van der Waals surface area (Å²) in [6.07, 6.45) is 0. The lowest BCUT2D eigenvalue weighted by Gasteiger charge is -2.11. The van der Waals surface area contributed by atoms with E-state index in [-0.39, 0.29) is 0 Å². The van der Waals surface area contributed by atoms with E-state index in [2.05, 4.69) is 75.5 Å². The van der Waals surface area contributed by atoms with Gasteiger partial charge in [-0.1, -0.05) is 54.6 Å². The molecule has 1 heterocycles. The summed E-state index contributed by atoms with van der Waals surface area (Å²) in [5.74, 6) is 0.921. The number of pyridine rings is 1. The topological polar surface area (TPSA) is 49.0 Å². The lowest BCUT2D eigenvalue weighted by atomic mass is 10.1. The van der Waals surface area contributed by atoms with E-state index in [1.54, 1.807) is 0 Å². The summed E-state index contributed by atoms with van der Waals surface area (Å²) in [4.78, 5) is 4.63. The lowest BCUT2D eigenvalue weighted by molar-refractivity contribution is 0.718. The van der Waals surface area contributed by atoms with Crippen molar-refractivity contribution >= 4 is 33.2 Å². The molecule has 4 rings (SSSR count). The molecular weight excluding hydrogens is 332 g/mol. The van der Waals surface area contributed by atoms with Gasteiger partial charge in [0, 0.05) is 42.6 Å². The number of hydrogen-bond acceptors (Lipinski definition) is 4. The largest absolute Gasteiger partial charge is 0.383 e. The third-order valence-corrected chi connectivity index (χ3v) is 4.61. The van der Waals surface area contributed by atoms with Gasteiger partial charge in [0.2, 0.25) is 0 Å². The van der Waals surface area contributed by atoms with Gasteiger partial charge in [-0.05, 0) is 29.7 Å². The zero-order valence-electron chi connectivity index (χ0n) is 15.3. The Hall–Kier alpha value is -3.11. The molecule has 0 amide bonds. The van der Waals surface area contributed by atoms with Gasteiger partial charge in [0.1, 0.15) is 5.82 Å². The summed E-state index contributed by atoms with van der Waals surface area (Å²) >= 11 is 0. The molecule has 4 aromatic rings. The van der Waals surface area contributed by atoms with Crippen LogP contribution in [-0.4, -0.2) is 31.2 Å². The first-order valence-electron chi connectivity index (χ1n) is 9.42. The molecule has 0 aliphatic carbocycles. The first kappa shape index (κ1) is 17.3. The van der Waals surface area contributed by atoms with Crippen molar-refractivity contribution in [3.8, 4) is 0 Å². The van der Waals surface area contributed by atoms with E-state index in [0.29, 0.717) is 0 Å². The van der Waals surface area contributed by atoms with E-state index in [1.165, 1.54) is 21.8 Å². The SMILES string of the molecule is c1ccc2nc(NCCNCCNc3cccc4ccccc34)ccc2c1. The van der Waals surface area contributed by atoms with Gasteiger partial charge < -0.3 is 16.0 Å². The number of anilines is 2. The molecule has 0 fully saturated rings. The lowest BCUT2D eigenvalue weighted by Crippen LogP contribution is -2.27. The molecule has 0 spiro atoms. The highest BCUT2D eigenvalue weighted by Crippen LogP contribution is 2.22. The van der Waals surface area contributed by atoms with E-state index in [4.69, 9.17) is 0 Å². The predicted molar refractivity (Wildman–Crippen MR) is 116 cm³/mol. The molecule has 3 aromatic carbocycles. The van der Waals surface area contributed by atoms with Gasteiger partial charge >= 0.3 is 0 Å². The van der Waals surface area contributed by atoms with Gasteiger partial charge in [0.05, 0.1) is 5.52 Å². The highest BCUT2D eigenvalue weighted by atomic mass is 15.0. The Morgan fingerprint density at radius 2 is 1.33 bits per heavy atom. The van der Waals surface area contributed by atoms with Crippen LogP contribution >= 0.6 is 0 Å². The maximum Gasteiger partial charge on any atom is 0.126 e. The van der Waals surface area contributed by atoms with E-state index < -0.39 is 0 Å². The normalized spacial score (nSPS) is 11.0. The summed E-state index contributed by atoms with van der Waals surface area (Å²) in [6.45, 7) is 3.55. The third-order valence-electron chi connectivity index (χ3n) is 4.61. The van der Waals surface area contributed by atoms with Crippen LogP contribution in [0, 0.1) is 0 Å². The van der Waals surface area contributed by atoms with E-state index in [1.807, 2.05) is 24.3 Å². The van der Waals surface area contributed by atoms with Crippen LogP contribution in [0.3, 0.4) is 0 Å². The first-order valence-corrected chi connectivity index (χ1v) is 9.42. The Kier molecular flexibility index (Phi) is 5.46. The van der Waals surface area contributed by atoms with Crippen LogP contribution in [0.25, 0.3) is 21.7 Å². The molecule has 0 unspecified atom stereocenters. The number of para-hydroxylation sites is 1. The van der Waals surface area contributed by atoms with Crippen LogP contribution in [0.4, 0.5) is 11.5 Å². The van der Waals surface area contributed by atoms with Gasteiger partial charge in [0.25, 0.3) is 0 Å². The van der Waals surface area contributed by atoms with Crippen molar-refractivity contribution in [3.05, 3.63) is 78.9 Å². The molecule has 27 heavy (non-hydrogen) atoms. The van der Waals surface area contributed by atoms with Gasteiger partial charge in [-0.2, -0.15) is 0 Å². The summed E-state index contributed by atoms with van der Waals surface area (Å²) in [7, 11) is 0. The fourth-order valence-electron chi connectivity index (χ4n) is 3.23. The van der Waals surface area contributed by atoms with Crippen LogP contribution in [-0.2, 0) is 0 Å². The average Bonchev–Trinajstić information content (AvgIpc) is 2.73. The Balaban J connectivity index is 1.19. The Morgan fingerprint density at radius 1 is 0.593 bits per heavy atom. The highest BCUT2D eigenvalue weighted by Gasteiger charge is 1.99. The third kappa shape index (κ3) is 4.36. The van der Waals surface area contributed by atoms with Crippen molar-refractivity contribution in [1.29, 1.82) is 0 Å². The van der Waals surface area contributed by atoms with Crippen LogP contribution in [0.2, 0.25) is 0 Å². The fourth-order valence-corrected chi connectivity index (χ4v) is 3.23. The predicted octanol–water partition coefficient (Wildman–Crippen LogP) is 4.50. The van der Waals surface area contributed by atoms with Crippen molar-refractivity contribution in [3.63, 3.8) is 0 Å². The molecule has 0 radical (unpaired) electrons. The molecular formula is C23H24N4. The second kappa shape index (κ2) is 8.52. The molecule has 0 atom stereocenters. The molecule has 0 bridgehead atoms. The number of nitrogens with zero attached hydrogens (tertiary/aromatic N) is 1. The van der Waals surface area contributed by atoms with Crippen molar-refractivity contribution in [2.45, 2.75) is 0 Å². The minimum absolute atomic E-state index is 0.847. The monoisotopic (exact) mass is 356 g/mol. The number of rotatable bonds is 8.